The van der Waals surface area contributed by atoms with E-state index in [1.54, 1.807) is 0 Å². The fraction of sp³-hybridized carbons (Fsp3) is 0.333. The Morgan fingerprint density at radius 2 is 2.15 bits per heavy atom. The van der Waals surface area contributed by atoms with Crippen LogP contribution in [0.25, 0.3) is 10.4 Å². The highest BCUT2D eigenvalue weighted by atomic mass is 79.9. The highest BCUT2D eigenvalue weighted by Crippen LogP contribution is 2.26. The third-order valence-corrected chi connectivity index (χ3v) is 2.79. The van der Waals surface area contributed by atoms with Crippen LogP contribution in [-0.2, 0) is 12.8 Å². The number of benzene rings is 1. The van der Waals surface area contributed by atoms with Gasteiger partial charge in [0.2, 0.25) is 0 Å². The van der Waals surface area contributed by atoms with Crippen molar-refractivity contribution in [1.29, 1.82) is 0 Å². The van der Waals surface area contributed by atoms with Crippen LogP contribution >= 0.6 is 15.9 Å². The van der Waals surface area contributed by atoms with E-state index in [9.17, 15) is 0 Å². The Hall–Kier alpha value is -0.990. The number of halogens is 1. The normalized spacial score (nSPS) is 19.3. The molecule has 66 valence electrons. The second-order valence-corrected chi connectivity index (χ2v) is 4.10. The van der Waals surface area contributed by atoms with E-state index in [1.807, 2.05) is 6.07 Å². The highest BCUT2D eigenvalue weighted by molar-refractivity contribution is 9.10. The topological polar surface area (TPSA) is 48.8 Å². The minimum absolute atomic E-state index is 0.120. The molecule has 0 heterocycles. The minimum atomic E-state index is 0.120. The van der Waals surface area contributed by atoms with Crippen molar-refractivity contribution in [2.45, 2.75) is 18.9 Å². The molecule has 2 rings (SSSR count). The van der Waals surface area contributed by atoms with Crippen LogP contribution in [0.3, 0.4) is 0 Å². The van der Waals surface area contributed by atoms with Gasteiger partial charge in [-0.25, -0.2) is 0 Å². The van der Waals surface area contributed by atoms with Gasteiger partial charge in [0.15, 0.2) is 0 Å². The van der Waals surface area contributed by atoms with Crippen molar-refractivity contribution in [2.75, 3.05) is 0 Å². The number of azide groups is 1. The third kappa shape index (κ3) is 1.69. The summed E-state index contributed by atoms with van der Waals surface area (Å²) in [7, 11) is 0. The van der Waals surface area contributed by atoms with Gasteiger partial charge in [0, 0.05) is 15.4 Å². The van der Waals surface area contributed by atoms with Crippen molar-refractivity contribution in [3.05, 3.63) is 44.2 Å². The van der Waals surface area contributed by atoms with E-state index in [0.29, 0.717) is 0 Å². The van der Waals surface area contributed by atoms with Crippen LogP contribution in [0.4, 0.5) is 0 Å². The van der Waals surface area contributed by atoms with Crippen LogP contribution in [0.15, 0.2) is 27.8 Å². The Balaban J connectivity index is 2.30. The molecule has 3 nitrogen and oxygen atoms in total. The number of nitrogens with zero attached hydrogens (tertiary/aromatic N) is 3. The molecule has 0 saturated heterocycles. The van der Waals surface area contributed by atoms with E-state index in [1.165, 1.54) is 11.1 Å². The van der Waals surface area contributed by atoms with Crippen molar-refractivity contribution < 1.29 is 0 Å². The summed E-state index contributed by atoms with van der Waals surface area (Å²) in [6.07, 6.45) is 1.76. The molecule has 4 heteroatoms. The van der Waals surface area contributed by atoms with Crippen LogP contribution in [-0.4, -0.2) is 6.04 Å². The Kier molecular flexibility index (Phi) is 2.25. The third-order valence-electron chi connectivity index (χ3n) is 2.29. The molecular formula is C9H8BrN3. The number of hydrogen-bond acceptors (Lipinski definition) is 1. The van der Waals surface area contributed by atoms with E-state index >= 15 is 0 Å². The minimum Gasteiger partial charge on any atom is -0.0899 e. The monoisotopic (exact) mass is 237 g/mol. The number of hydrogen-bond donors (Lipinski definition) is 0. The predicted octanol–water partition coefficient (Wildman–Crippen LogP) is 3.23. The second-order valence-electron chi connectivity index (χ2n) is 3.18. The Bertz CT molecular complexity index is 382. The summed E-state index contributed by atoms with van der Waals surface area (Å²) in [5.41, 5.74) is 10.9. The van der Waals surface area contributed by atoms with Crippen LogP contribution in [0.5, 0.6) is 0 Å². The summed E-state index contributed by atoms with van der Waals surface area (Å²) in [6, 6.07) is 6.33. The zero-order valence-electron chi connectivity index (χ0n) is 6.94. The van der Waals surface area contributed by atoms with E-state index in [4.69, 9.17) is 5.53 Å². The van der Waals surface area contributed by atoms with Crippen LogP contribution in [0.1, 0.15) is 11.1 Å². The first-order valence-electron chi connectivity index (χ1n) is 4.11. The van der Waals surface area contributed by atoms with Gasteiger partial charge in [-0.1, -0.05) is 27.1 Å². The fourth-order valence-electron chi connectivity index (χ4n) is 1.72. The summed E-state index contributed by atoms with van der Waals surface area (Å²) in [4.78, 5) is 2.84. The molecule has 1 aliphatic rings. The predicted molar refractivity (Wildman–Crippen MR) is 54.5 cm³/mol. The molecule has 1 atom stereocenters. The van der Waals surface area contributed by atoms with Crippen LogP contribution in [0.2, 0.25) is 0 Å². The average Bonchev–Trinajstić information content (AvgIpc) is 2.46. The molecule has 0 N–H and O–H groups in total. The maximum atomic E-state index is 8.31. The Morgan fingerprint density at radius 3 is 2.92 bits per heavy atom. The maximum Gasteiger partial charge on any atom is 0.0454 e. The summed E-state index contributed by atoms with van der Waals surface area (Å²) in [5.74, 6) is 0. The van der Waals surface area contributed by atoms with Crippen molar-refractivity contribution in [1.82, 2.24) is 0 Å². The second kappa shape index (κ2) is 3.40. The van der Waals surface area contributed by atoms with Crippen molar-refractivity contribution in [3.8, 4) is 0 Å². The lowest BCUT2D eigenvalue weighted by atomic mass is 10.1. The summed E-state index contributed by atoms with van der Waals surface area (Å²) in [5, 5.41) is 3.73. The van der Waals surface area contributed by atoms with Crippen LogP contribution in [0, 0.1) is 0 Å². The van der Waals surface area contributed by atoms with Gasteiger partial charge < -0.3 is 0 Å². The lowest BCUT2D eigenvalue weighted by Crippen LogP contribution is -2.00. The molecule has 0 spiro atoms. The van der Waals surface area contributed by atoms with E-state index in [0.717, 1.165) is 17.3 Å². The zero-order valence-corrected chi connectivity index (χ0v) is 8.53. The van der Waals surface area contributed by atoms with E-state index in [-0.39, 0.29) is 6.04 Å². The maximum absolute atomic E-state index is 8.31. The van der Waals surface area contributed by atoms with Gasteiger partial charge in [-0.3, -0.25) is 0 Å². The lowest BCUT2D eigenvalue weighted by Gasteiger charge is -1.96. The molecule has 0 radical (unpaired) electrons. The molecular weight excluding hydrogens is 230 g/mol. The highest BCUT2D eigenvalue weighted by Gasteiger charge is 2.19. The van der Waals surface area contributed by atoms with Crippen molar-refractivity contribution in [3.63, 3.8) is 0 Å². The zero-order chi connectivity index (χ0) is 9.26. The molecule has 1 unspecified atom stereocenters. The van der Waals surface area contributed by atoms with Gasteiger partial charge >= 0.3 is 0 Å². The first-order chi connectivity index (χ1) is 6.29. The number of fused-ring (bicyclic) bond motifs is 1. The molecule has 13 heavy (non-hydrogen) atoms. The Labute approximate surface area is 84.5 Å². The van der Waals surface area contributed by atoms with Crippen molar-refractivity contribution >= 4 is 15.9 Å². The Morgan fingerprint density at radius 1 is 1.38 bits per heavy atom. The standard InChI is InChI=1S/C9H8BrN3/c10-8-2-1-6-4-9(12-13-11)5-7(6)3-8/h1-3,9H,4-5H2. The SMILES string of the molecule is [N-]=[N+]=NC1Cc2ccc(Br)cc2C1. The van der Waals surface area contributed by atoms with Gasteiger partial charge in [0.1, 0.15) is 0 Å². The van der Waals surface area contributed by atoms with Gasteiger partial charge in [-0.15, -0.1) is 0 Å². The molecule has 1 aliphatic carbocycles. The van der Waals surface area contributed by atoms with Gasteiger partial charge in [-0.05, 0) is 41.6 Å². The molecule has 0 amide bonds. The van der Waals surface area contributed by atoms with Gasteiger partial charge in [-0.2, -0.15) is 0 Å². The summed E-state index contributed by atoms with van der Waals surface area (Å²) >= 11 is 3.42. The van der Waals surface area contributed by atoms with Gasteiger partial charge in [0.25, 0.3) is 0 Å². The lowest BCUT2D eigenvalue weighted by molar-refractivity contribution is 0.714. The van der Waals surface area contributed by atoms with Crippen LogP contribution < -0.4 is 0 Å². The molecule has 0 fully saturated rings. The van der Waals surface area contributed by atoms with E-state index < -0.39 is 0 Å². The molecule has 0 saturated carbocycles. The summed E-state index contributed by atoms with van der Waals surface area (Å²) in [6.45, 7) is 0. The molecule has 0 aliphatic heterocycles. The van der Waals surface area contributed by atoms with Gasteiger partial charge in [0.05, 0.1) is 0 Å². The molecule has 1 aromatic rings. The average molecular weight is 238 g/mol. The largest absolute Gasteiger partial charge is 0.0899 e. The molecule has 0 aromatic heterocycles. The quantitative estimate of drug-likeness (QED) is 0.409. The molecule has 1 aromatic carbocycles. The summed E-state index contributed by atoms with van der Waals surface area (Å²) < 4.78 is 1.09. The molecule has 0 bridgehead atoms. The first kappa shape index (κ1) is 8.60. The smallest absolute Gasteiger partial charge is 0.0454 e. The fourth-order valence-corrected chi connectivity index (χ4v) is 2.13. The first-order valence-corrected chi connectivity index (χ1v) is 4.90. The van der Waals surface area contributed by atoms with E-state index in [2.05, 4.69) is 38.1 Å². The number of rotatable bonds is 1. The van der Waals surface area contributed by atoms with Crippen molar-refractivity contribution in [2.24, 2.45) is 5.11 Å².